The van der Waals surface area contributed by atoms with Gasteiger partial charge in [-0.25, -0.2) is 4.39 Å². The predicted octanol–water partition coefficient (Wildman–Crippen LogP) is 8.53. The minimum atomic E-state index is -3.16. The SMILES string of the molecule is C=CC(F)(F)c1cccc(Nc2ccc(NC3CCN(C4C=C(C)c5ccccc5N4C(F)F)CC3F)cc2C2(C)C#C2)c1.[HH]. The molecule has 3 atom stereocenters. The van der Waals surface area contributed by atoms with E-state index in [1.54, 1.807) is 35.2 Å². The van der Waals surface area contributed by atoms with Crippen molar-refractivity contribution in [1.82, 2.24) is 4.90 Å². The van der Waals surface area contributed by atoms with Crippen LogP contribution in [0, 0.1) is 11.8 Å². The number of benzene rings is 3. The predicted molar refractivity (Wildman–Crippen MR) is 168 cm³/mol. The zero-order chi connectivity index (χ0) is 31.2. The van der Waals surface area contributed by atoms with Crippen molar-refractivity contribution in [1.29, 1.82) is 0 Å². The van der Waals surface area contributed by atoms with Gasteiger partial charge in [-0.2, -0.15) is 17.6 Å². The van der Waals surface area contributed by atoms with Gasteiger partial charge in [0.1, 0.15) is 17.8 Å². The number of rotatable bonds is 9. The number of piperidine rings is 1. The van der Waals surface area contributed by atoms with Gasteiger partial charge in [-0.05, 0) is 74.4 Å². The number of nitrogens with one attached hydrogen (secondary N) is 2. The van der Waals surface area contributed by atoms with Crippen molar-refractivity contribution in [3.63, 3.8) is 0 Å². The van der Waals surface area contributed by atoms with Crippen LogP contribution in [-0.2, 0) is 11.3 Å². The van der Waals surface area contributed by atoms with Crippen LogP contribution in [0.2, 0.25) is 0 Å². The summed E-state index contributed by atoms with van der Waals surface area (Å²) in [6.45, 7) is 4.74. The van der Waals surface area contributed by atoms with Gasteiger partial charge in [0.15, 0.2) is 0 Å². The van der Waals surface area contributed by atoms with Crippen molar-refractivity contribution in [3.05, 3.63) is 102 Å². The second-order valence-electron chi connectivity index (χ2n) is 11.7. The maximum Gasteiger partial charge on any atom is 0.316 e. The number of nitrogens with zero attached hydrogens (tertiary/aromatic N) is 2. The van der Waals surface area contributed by atoms with Crippen molar-refractivity contribution in [2.75, 3.05) is 28.6 Å². The summed E-state index contributed by atoms with van der Waals surface area (Å²) in [7, 11) is 0. The van der Waals surface area contributed by atoms with Gasteiger partial charge in [-0.1, -0.05) is 48.8 Å². The standard InChI is InChI=1S/C35H33F5N4.H2/c1-4-35(39,40)23-8-7-9-24(19-23)41-29-13-12-25(20-27(29)34(3)15-16-34)42-30-14-17-43(21-28(30)36)32-18-22(2)26-10-5-6-11-31(26)44(32)33(37)38;/h4-13,18-20,28,30,32-33,41-42H,1,14,17,21H2,2-3H3;1H. The van der Waals surface area contributed by atoms with E-state index >= 15 is 4.39 Å². The van der Waals surface area contributed by atoms with Crippen LogP contribution in [-0.4, -0.2) is 42.9 Å². The van der Waals surface area contributed by atoms with Gasteiger partial charge in [0.05, 0.1) is 11.7 Å². The number of halogens is 5. The molecule has 6 rings (SSSR count). The maximum atomic E-state index is 15.7. The van der Waals surface area contributed by atoms with Gasteiger partial charge in [0.25, 0.3) is 5.92 Å². The third-order valence-electron chi connectivity index (χ3n) is 8.64. The Labute approximate surface area is 255 Å². The molecule has 1 fully saturated rings. The number of hydrogen-bond acceptors (Lipinski definition) is 4. The fraction of sp³-hybridized carbons (Fsp3) is 0.314. The monoisotopic (exact) mass is 606 g/mol. The Morgan fingerprint density at radius 1 is 1.07 bits per heavy atom. The number of fused-ring (bicyclic) bond motifs is 1. The molecule has 0 aromatic heterocycles. The highest BCUT2D eigenvalue weighted by atomic mass is 19.3. The Bertz CT molecular complexity index is 1670. The van der Waals surface area contributed by atoms with Gasteiger partial charge in [0, 0.05) is 48.3 Å². The van der Waals surface area contributed by atoms with Gasteiger partial charge >= 0.3 is 6.55 Å². The number of likely N-dealkylation sites (tertiary alicyclic amines) is 1. The number of alkyl halides is 5. The smallest absolute Gasteiger partial charge is 0.316 e. The number of hydrogen-bond donors (Lipinski definition) is 2. The van der Waals surface area contributed by atoms with E-state index in [0.717, 1.165) is 21.6 Å². The van der Waals surface area contributed by atoms with Crippen molar-refractivity contribution in [2.24, 2.45) is 0 Å². The molecule has 0 bridgehead atoms. The molecule has 3 aromatic rings. The first-order chi connectivity index (χ1) is 21.0. The lowest BCUT2D eigenvalue weighted by atomic mass is 9.91. The molecule has 0 spiro atoms. The molecule has 0 saturated carbocycles. The summed E-state index contributed by atoms with van der Waals surface area (Å²) in [4.78, 5) is 2.83. The molecule has 1 saturated heterocycles. The normalized spacial score (nSPS) is 22.4. The topological polar surface area (TPSA) is 30.5 Å². The minimum Gasteiger partial charge on any atom is -0.379 e. The van der Waals surface area contributed by atoms with Crippen molar-refractivity contribution in [2.45, 2.75) is 56.5 Å². The number of para-hydroxylation sites is 1. The lowest BCUT2D eigenvalue weighted by molar-refractivity contribution is 0.0526. The summed E-state index contributed by atoms with van der Waals surface area (Å²) in [6.07, 6.45) is 0.754. The average Bonchev–Trinajstić information content (AvgIpc) is 3.76. The first-order valence-electron chi connectivity index (χ1n) is 14.6. The highest BCUT2D eigenvalue weighted by Crippen LogP contribution is 2.41. The second-order valence-corrected chi connectivity index (χ2v) is 11.7. The van der Waals surface area contributed by atoms with Gasteiger partial charge in [-0.3, -0.25) is 9.80 Å². The molecule has 0 radical (unpaired) electrons. The van der Waals surface area contributed by atoms with E-state index in [2.05, 4.69) is 29.1 Å². The van der Waals surface area contributed by atoms with Crippen LogP contribution in [0.25, 0.3) is 5.57 Å². The van der Waals surface area contributed by atoms with E-state index < -0.39 is 36.3 Å². The summed E-state index contributed by atoms with van der Waals surface area (Å²) < 4.78 is 72.7. The number of anilines is 4. The molecule has 2 aliphatic heterocycles. The Morgan fingerprint density at radius 3 is 2.55 bits per heavy atom. The summed E-state index contributed by atoms with van der Waals surface area (Å²) in [5.41, 5.74) is 4.01. The Balaban J connectivity index is 0.00000400. The highest BCUT2D eigenvalue weighted by Gasteiger charge is 2.39. The van der Waals surface area contributed by atoms with E-state index in [4.69, 9.17) is 0 Å². The Kier molecular flexibility index (Phi) is 7.66. The molecule has 0 amide bonds. The van der Waals surface area contributed by atoms with E-state index in [1.807, 2.05) is 44.2 Å². The molecule has 230 valence electrons. The Morgan fingerprint density at radius 2 is 1.84 bits per heavy atom. The molecule has 9 heteroatoms. The molecule has 3 aromatic carbocycles. The van der Waals surface area contributed by atoms with Crippen molar-refractivity contribution < 1.29 is 23.4 Å². The lowest BCUT2D eigenvalue weighted by Crippen LogP contribution is -2.58. The summed E-state index contributed by atoms with van der Waals surface area (Å²) in [6, 6.07) is 18.0. The maximum absolute atomic E-state index is 15.7. The van der Waals surface area contributed by atoms with Gasteiger partial charge < -0.3 is 10.6 Å². The van der Waals surface area contributed by atoms with Crippen LogP contribution < -0.4 is 15.5 Å². The summed E-state index contributed by atoms with van der Waals surface area (Å²) in [5.74, 6) is 3.04. The van der Waals surface area contributed by atoms with Gasteiger partial charge in [-0.15, -0.1) is 0 Å². The lowest BCUT2D eigenvalue weighted by Gasteiger charge is -2.45. The zero-order valence-electron chi connectivity index (χ0n) is 24.4. The first kappa shape index (κ1) is 29.8. The second kappa shape index (κ2) is 11.3. The highest BCUT2D eigenvalue weighted by molar-refractivity contribution is 5.80. The van der Waals surface area contributed by atoms with E-state index in [1.165, 1.54) is 12.1 Å². The largest absolute Gasteiger partial charge is 0.379 e. The van der Waals surface area contributed by atoms with Crippen LogP contribution >= 0.6 is 0 Å². The Hall–Kier alpha value is -4.29. The van der Waals surface area contributed by atoms with Crippen LogP contribution in [0.15, 0.2) is 85.5 Å². The molecule has 44 heavy (non-hydrogen) atoms. The molecule has 1 aliphatic carbocycles. The van der Waals surface area contributed by atoms with E-state index in [0.29, 0.717) is 41.8 Å². The molecule has 4 nitrogen and oxygen atoms in total. The fourth-order valence-corrected chi connectivity index (χ4v) is 6.08. The molecule has 2 heterocycles. The molecule has 3 aliphatic rings. The first-order valence-corrected chi connectivity index (χ1v) is 14.6. The minimum absolute atomic E-state index is 0. The van der Waals surface area contributed by atoms with Crippen LogP contribution in [0.5, 0.6) is 0 Å². The average molecular weight is 607 g/mol. The quantitative estimate of drug-likeness (QED) is 0.111. The third-order valence-corrected chi connectivity index (χ3v) is 8.64. The van der Waals surface area contributed by atoms with Crippen LogP contribution in [0.1, 0.15) is 38.4 Å². The van der Waals surface area contributed by atoms with E-state index in [9.17, 15) is 17.6 Å². The van der Waals surface area contributed by atoms with Gasteiger partial charge in [0.2, 0.25) is 0 Å². The van der Waals surface area contributed by atoms with Crippen LogP contribution in [0.3, 0.4) is 0 Å². The molecular formula is C35H35F5N4. The van der Waals surface area contributed by atoms with E-state index in [-0.39, 0.29) is 13.5 Å². The van der Waals surface area contributed by atoms with Crippen molar-refractivity contribution in [3.8, 4) is 11.8 Å². The number of allylic oxidation sites excluding steroid dienone is 2. The molecular weight excluding hydrogens is 571 g/mol. The fourth-order valence-electron chi connectivity index (χ4n) is 6.08. The summed E-state index contributed by atoms with van der Waals surface area (Å²) >= 11 is 0. The summed E-state index contributed by atoms with van der Waals surface area (Å²) in [5, 5.41) is 6.54. The molecule has 2 N–H and O–H groups in total. The molecule has 3 unspecified atom stereocenters. The zero-order valence-corrected chi connectivity index (χ0v) is 24.4. The third kappa shape index (κ3) is 5.67. The van der Waals surface area contributed by atoms with Crippen molar-refractivity contribution >= 4 is 28.3 Å². The van der Waals surface area contributed by atoms with Crippen LogP contribution in [0.4, 0.5) is 44.7 Å².